The smallest absolute Gasteiger partial charge is 0.229 e. The highest BCUT2D eigenvalue weighted by atomic mass is 35.5. The highest BCUT2D eigenvalue weighted by molar-refractivity contribution is 6.34. The van der Waals surface area contributed by atoms with Crippen molar-refractivity contribution in [3.8, 4) is 11.5 Å². The molecule has 0 radical (unpaired) electrons. The molecule has 7 heteroatoms. The van der Waals surface area contributed by atoms with Gasteiger partial charge in [-0.25, -0.2) is 0 Å². The summed E-state index contributed by atoms with van der Waals surface area (Å²) in [5, 5.41) is 7.05. The molecule has 1 N–H and O–H groups in total. The molecular weight excluding hydrogens is 320 g/mol. The first kappa shape index (κ1) is 15.7. The van der Waals surface area contributed by atoms with E-state index < -0.39 is 0 Å². The molecular formula is C16H17ClN2O4. The molecule has 1 aromatic heterocycles. The molecule has 122 valence electrons. The molecule has 2 aromatic rings. The number of amides is 1. The van der Waals surface area contributed by atoms with Crippen LogP contribution in [0.1, 0.15) is 23.4 Å². The van der Waals surface area contributed by atoms with Gasteiger partial charge in [0.15, 0.2) is 11.5 Å². The number of carbonyl (C=O) groups excluding carboxylic acids is 1. The van der Waals surface area contributed by atoms with Gasteiger partial charge >= 0.3 is 0 Å². The summed E-state index contributed by atoms with van der Waals surface area (Å²) in [4.78, 5) is 12.3. The summed E-state index contributed by atoms with van der Waals surface area (Å²) < 4.78 is 16.2. The minimum atomic E-state index is -0.198. The van der Waals surface area contributed by atoms with Gasteiger partial charge in [-0.15, -0.1) is 0 Å². The van der Waals surface area contributed by atoms with Crippen molar-refractivity contribution >= 4 is 23.2 Å². The number of fused-ring (bicyclic) bond motifs is 1. The van der Waals surface area contributed by atoms with Crippen molar-refractivity contribution in [3.63, 3.8) is 0 Å². The van der Waals surface area contributed by atoms with Gasteiger partial charge in [-0.2, -0.15) is 0 Å². The summed E-state index contributed by atoms with van der Waals surface area (Å²) in [6, 6.07) is 3.35. The fourth-order valence-electron chi connectivity index (χ4n) is 2.39. The van der Waals surface area contributed by atoms with Gasteiger partial charge in [-0.1, -0.05) is 16.8 Å². The molecule has 1 aliphatic heterocycles. The maximum Gasteiger partial charge on any atom is 0.229 e. The summed E-state index contributed by atoms with van der Waals surface area (Å²) in [5.41, 5.74) is 1.99. The number of nitrogens with one attached hydrogen (secondary N) is 1. The predicted molar refractivity (Wildman–Crippen MR) is 85.4 cm³/mol. The van der Waals surface area contributed by atoms with E-state index in [9.17, 15) is 4.79 Å². The number of rotatable bonds is 3. The first-order valence-electron chi connectivity index (χ1n) is 7.35. The van der Waals surface area contributed by atoms with E-state index in [1.807, 2.05) is 0 Å². The number of nitrogens with zero attached hydrogens (tertiary/aromatic N) is 1. The van der Waals surface area contributed by atoms with Crippen molar-refractivity contribution in [2.45, 2.75) is 26.7 Å². The zero-order valence-electron chi connectivity index (χ0n) is 12.9. The number of carbonyl (C=O) groups is 1. The Morgan fingerprint density at radius 1 is 1.26 bits per heavy atom. The standard InChI is InChI=1S/C16H17ClN2O4/c1-9-11(10(2)23-19-9)6-16(20)18-13-8-15-14(7-12(13)17)21-4-3-5-22-15/h7-8H,3-6H2,1-2H3,(H,18,20). The van der Waals surface area contributed by atoms with E-state index >= 15 is 0 Å². The second-order valence-electron chi connectivity index (χ2n) is 5.36. The van der Waals surface area contributed by atoms with Gasteiger partial charge in [0.2, 0.25) is 5.91 Å². The molecule has 3 rings (SSSR count). The number of aryl methyl sites for hydroxylation is 2. The van der Waals surface area contributed by atoms with Crippen LogP contribution in [-0.4, -0.2) is 24.3 Å². The van der Waals surface area contributed by atoms with Crippen molar-refractivity contribution in [2.24, 2.45) is 0 Å². The van der Waals surface area contributed by atoms with Gasteiger partial charge < -0.3 is 19.3 Å². The molecule has 0 saturated carbocycles. The molecule has 0 fully saturated rings. The summed E-state index contributed by atoms with van der Waals surface area (Å²) in [6.07, 6.45) is 0.978. The highest BCUT2D eigenvalue weighted by Gasteiger charge is 2.17. The fourth-order valence-corrected chi connectivity index (χ4v) is 2.59. The average Bonchev–Trinajstić information content (AvgIpc) is 2.72. The van der Waals surface area contributed by atoms with Crippen LogP contribution in [0, 0.1) is 13.8 Å². The van der Waals surface area contributed by atoms with E-state index in [0.29, 0.717) is 46.9 Å². The van der Waals surface area contributed by atoms with Crippen LogP contribution in [0.25, 0.3) is 0 Å². The Morgan fingerprint density at radius 2 is 1.96 bits per heavy atom. The van der Waals surface area contributed by atoms with Crippen LogP contribution in [-0.2, 0) is 11.2 Å². The molecule has 0 atom stereocenters. The summed E-state index contributed by atoms with van der Waals surface area (Å²) >= 11 is 6.22. The third-order valence-electron chi connectivity index (χ3n) is 3.63. The van der Waals surface area contributed by atoms with Crippen LogP contribution in [0.3, 0.4) is 0 Å². The lowest BCUT2D eigenvalue weighted by atomic mass is 10.1. The molecule has 0 spiro atoms. The van der Waals surface area contributed by atoms with Crippen LogP contribution in [0.4, 0.5) is 5.69 Å². The van der Waals surface area contributed by atoms with Gasteiger partial charge in [0.05, 0.1) is 36.0 Å². The quantitative estimate of drug-likeness (QED) is 0.931. The Morgan fingerprint density at radius 3 is 2.61 bits per heavy atom. The molecule has 0 unspecified atom stereocenters. The zero-order valence-corrected chi connectivity index (χ0v) is 13.7. The lowest BCUT2D eigenvalue weighted by Gasteiger charge is -2.12. The number of anilines is 1. The van der Waals surface area contributed by atoms with Crippen molar-refractivity contribution in [3.05, 3.63) is 34.2 Å². The number of aromatic nitrogens is 1. The lowest BCUT2D eigenvalue weighted by Crippen LogP contribution is -2.15. The maximum absolute atomic E-state index is 12.3. The molecule has 0 aliphatic carbocycles. The molecule has 1 aliphatic rings. The topological polar surface area (TPSA) is 73.6 Å². The Kier molecular flexibility index (Phi) is 4.43. The summed E-state index contributed by atoms with van der Waals surface area (Å²) in [7, 11) is 0. The number of benzene rings is 1. The molecule has 23 heavy (non-hydrogen) atoms. The minimum Gasteiger partial charge on any atom is -0.490 e. The van der Waals surface area contributed by atoms with Gasteiger partial charge in [0.1, 0.15) is 5.76 Å². The third kappa shape index (κ3) is 3.42. The summed E-state index contributed by atoms with van der Waals surface area (Å²) in [6.45, 7) is 4.74. The molecule has 0 bridgehead atoms. The molecule has 2 heterocycles. The van der Waals surface area contributed by atoms with E-state index in [4.69, 9.17) is 25.6 Å². The van der Waals surface area contributed by atoms with Crippen LogP contribution in [0.2, 0.25) is 5.02 Å². The van der Waals surface area contributed by atoms with E-state index in [-0.39, 0.29) is 12.3 Å². The van der Waals surface area contributed by atoms with Crippen LogP contribution >= 0.6 is 11.6 Å². The zero-order chi connectivity index (χ0) is 16.4. The molecule has 0 saturated heterocycles. The van der Waals surface area contributed by atoms with Crippen LogP contribution < -0.4 is 14.8 Å². The van der Waals surface area contributed by atoms with Gasteiger partial charge in [-0.05, 0) is 13.8 Å². The Bertz CT molecular complexity index is 722. The third-order valence-corrected chi connectivity index (χ3v) is 3.94. The predicted octanol–water partition coefficient (Wildman–Crippen LogP) is 3.29. The molecule has 1 amide bonds. The largest absolute Gasteiger partial charge is 0.490 e. The first-order valence-corrected chi connectivity index (χ1v) is 7.73. The van der Waals surface area contributed by atoms with Crippen molar-refractivity contribution in [2.75, 3.05) is 18.5 Å². The average molecular weight is 337 g/mol. The van der Waals surface area contributed by atoms with Gasteiger partial charge in [0.25, 0.3) is 0 Å². The number of hydrogen-bond acceptors (Lipinski definition) is 5. The normalized spacial score (nSPS) is 13.5. The minimum absolute atomic E-state index is 0.173. The van der Waals surface area contributed by atoms with Crippen LogP contribution in [0.15, 0.2) is 16.7 Å². The van der Waals surface area contributed by atoms with E-state index in [0.717, 1.165) is 12.0 Å². The van der Waals surface area contributed by atoms with Gasteiger partial charge in [0, 0.05) is 24.1 Å². The highest BCUT2D eigenvalue weighted by Crippen LogP contribution is 2.37. The Labute approximate surface area is 138 Å². The van der Waals surface area contributed by atoms with Crippen molar-refractivity contribution in [1.29, 1.82) is 0 Å². The van der Waals surface area contributed by atoms with E-state index in [2.05, 4.69) is 10.5 Å². The number of halogens is 1. The maximum atomic E-state index is 12.3. The second kappa shape index (κ2) is 6.50. The van der Waals surface area contributed by atoms with Gasteiger partial charge in [-0.3, -0.25) is 4.79 Å². The van der Waals surface area contributed by atoms with Crippen molar-refractivity contribution in [1.82, 2.24) is 5.16 Å². The summed E-state index contributed by atoms with van der Waals surface area (Å²) in [5.74, 6) is 1.62. The fraction of sp³-hybridized carbons (Fsp3) is 0.375. The number of hydrogen-bond donors (Lipinski definition) is 1. The van der Waals surface area contributed by atoms with E-state index in [1.165, 1.54) is 0 Å². The lowest BCUT2D eigenvalue weighted by molar-refractivity contribution is -0.115. The SMILES string of the molecule is Cc1noc(C)c1CC(=O)Nc1cc2c(cc1Cl)OCCCO2. The van der Waals surface area contributed by atoms with E-state index in [1.54, 1.807) is 26.0 Å². The van der Waals surface area contributed by atoms with Crippen LogP contribution in [0.5, 0.6) is 11.5 Å². The number of ether oxygens (including phenoxy) is 2. The van der Waals surface area contributed by atoms with Crippen molar-refractivity contribution < 1.29 is 18.8 Å². The molecule has 6 nitrogen and oxygen atoms in total. The molecule has 1 aromatic carbocycles. The second-order valence-corrected chi connectivity index (χ2v) is 5.76. The first-order chi connectivity index (χ1) is 11.0. The Hall–Kier alpha value is -2.21. The monoisotopic (exact) mass is 336 g/mol. The Balaban J connectivity index is 1.77.